The fraction of sp³-hybridized carbons (Fsp3) is 0.652. The van der Waals surface area contributed by atoms with Crippen LogP contribution >= 0.6 is 0 Å². The standard InChI is InChI=1S/C23H38N2O5S/c1-7-9-14-25(6)15-16-30-21(26)19(8-2)17-23(4,5)22(27)24-31(28,29)20-13-11-10-12-18(20)3/h10-13,19H,7-9,14-17H2,1-6H3,(H,24,27). The zero-order valence-electron chi connectivity index (χ0n) is 19.7. The number of rotatable bonds is 13. The summed E-state index contributed by atoms with van der Waals surface area (Å²) in [5, 5.41) is 0. The molecule has 0 aliphatic rings. The van der Waals surface area contributed by atoms with Gasteiger partial charge < -0.3 is 9.64 Å². The van der Waals surface area contributed by atoms with E-state index in [4.69, 9.17) is 4.74 Å². The average Bonchev–Trinajstić information content (AvgIpc) is 2.70. The quantitative estimate of drug-likeness (QED) is 0.459. The summed E-state index contributed by atoms with van der Waals surface area (Å²) in [7, 11) is -2.00. The number of aryl methyl sites for hydroxylation is 1. The molecule has 1 unspecified atom stereocenters. The van der Waals surface area contributed by atoms with Crippen molar-refractivity contribution in [1.82, 2.24) is 9.62 Å². The van der Waals surface area contributed by atoms with Gasteiger partial charge in [-0.3, -0.25) is 9.59 Å². The molecule has 1 rings (SSSR count). The lowest BCUT2D eigenvalue weighted by molar-refractivity contribution is -0.150. The number of hydrogen-bond acceptors (Lipinski definition) is 6. The monoisotopic (exact) mass is 454 g/mol. The third-order valence-electron chi connectivity index (χ3n) is 5.42. The number of nitrogens with zero attached hydrogens (tertiary/aromatic N) is 1. The van der Waals surface area contributed by atoms with Crippen molar-refractivity contribution in [2.45, 2.75) is 65.2 Å². The van der Waals surface area contributed by atoms with Crippen LogP contribution in [-0.4, -0.2) is 51.9 Å². The third-order valence-corrected chi connectivity index (χ3v) is 6.91. The number of esters is 1. The second-order valence-corrected chi connectivity index (χ2v) is 10.4. The van der Waals surface area contributed by atoms with Crippen molar-refractivity contribution in [2.24, 2.45) is 11.3 Å². The second-order valence-electron chi connectivity index (χ2n) is 8.72. The normalized spacial score (nSPS) is 13.1. The summed E-state index contributed by atoms with van der Waals surface area (Å²) in [6.07, 6.45) is 2.91. The lowest BCUT2D eigenvalue weighted by Crippen LogP contribution is -2.42. The molecule has 176 valence electrons. The fourth-order valence-corrected chi connectivity index (χ4v) is 4.62. The molecule has 1 amide bonds. The van der Waals surface area contributed by atoms with Crippen molar-refractivity contribution >= 4 is 21.9 Å². The fourth-order valence-electron chi connectivity index (χ4n) is 3.24. The van der Waals surface area contributed by atoms with Crippen LogP contribution in [0.2, 0.25) is 0 Å². The van der Waals surface area contributed by atoms with Crippen LogP contribution in [0.3, 0.4) is 0 Å². The first kappa shape index (κ1) is 27.1. The van der Waals surface area contributed by atoms with Gasteiger partial charge >= 0.3 is 5.97 Å². The zero-order valence-corrected chi connectivity index (χ0v) is 20.5. The minimum absolute atomic E-state index is 0.0674. The van der Waals surface area contributed by atoms with E-state index in [0.717, 1.165) is 19.4 Å². The van der Waals surface area contributed by atoms with E-state index in [0.29, 0.717) is 25.1 Å². The molecule has 8 heteroatoms. The second kappa shape index (κ2) is 12.2. The molecule has 0 aliphatic carbocycles. The molecule has 0 saturated heterocycles. The number of hydrogen-bond donors (Lipinski definition) is 1. The predicted octanol–water partition coefficient (Wildman–Crippen LogP) is 3.52. The van der Waals surface area contributed by atoms with Crippen LogP contribution in [0.15, 0.2) is 29.2 Å². The highest BCUT2D eigenvalue weighted by atomic mass is 32.2. The number of carbonyl (C=O) groups is 2. The van der Waals surface area contributed by atoms with Gasteiger partial charge in [-0.2, -0.15) is 0 Å². The Kier molecular flexibility index (Phi) is 10.7. The average molecular weight is 455 g/mol. The smallest absolute Gasteiger partial charge is 0.308 e. The molecule has 0 heterocycles. The summed E-state index contributed by atoms with van der Waals surface area (Å²) in [6.45, 7) is 10.8. The molecule has 0 saturated carbocycles. The molecule has 1 aromatic rings. The van der Waals surface area contributed by atoms with E-state index in [2.05, 4.69) is 16.5 Å². The van der Waals surface area contributed by atoms with E-state index in [9.17, 15) is 18.0 Å². The van der Waals surface area contributed by atoms with Crippen LogP contribution in [0.25, 0.3) is 0 Å². The van der Waals surface area contributed by atoms with Crippen LogP contribution in [0, 0.1) is 18.3 Å². The number of sulfonamides is 1. The van der Waals surface area contributed by atoms with Gasteiger partial charge in [0.1, 0.15) is 6.61 Å². The van der Waals surface area contributed by atoms with Crippen molar-refractivity contribution in [2.75, 3.05) is 26.7 Å². The van der Waals surface area contributed by atoms with Crippen molar-refractivity contribution in [3.05, 3.63) is 29.8 Å². The van der Waals surface area contributed by atoms with E-state index < -0.39 is 27.3 Å². The Morgan fingerprint density at radius 1 is 1.16 bits per heavy atom. The molecule has 31 heavy (non-hydrogen) atoms. The molecular formula is C23H38N2O5S. The Morgan fingerprint density at radius 3 is 2.39 bits per heavy atom. The number of benzene rings is 1. The Balaban J connectivity index is 2.71. The molecule has 1 aromatic carbocycles. The minimum Gasteiger partial charge on any atom is -0.464 e. The van der Waals surface area contributed by atoms with Crippen molar-refractivity contribution < 1.29 is 22.7 Å². The summed E-state index contributed by atoms with van der Waals surface area (Å²) in [5.41, 5.74) is -0.507. The van der Waals surface area contributed by atoms with E-state index in [1.54, 1.807) is 39.0 Å². The first-order chi connectivity index (χ1) is 14.4. The number of amides is 1. The SMILES string of the molecule is CCCCN(C)CCOC(=O)C(CC)CC(C)(C)C(=O)NS(=O)(=O)c1ccccc1C. The van der Waals surface area contributed by atoms with Gasteiger partial charge in [0.2, 0.25) is 5.91 Å². The molecule has 0 fully saturated rings. The van der Waals surface area contributed by atoms with E-state index in [1.807, 2.05) is 14.0 Å². The highest BCUT2D eigenvalue weighted by molar-refractivity contribution is 7.90. The van der Waals surface area contributed by atoms with Crippen LogP contribution in [-0.2, 0) is 24.3 Å². The Labute approximate surface area is 187 Å². The molecule has 1 atom stereocenters. The largest absolute Gasteiger partial charge is 0.464 e. The minimum atomic E-state index is -3.99. The lowest BCUT2D eigenvalue weighted by atomic mass is 9.81. The van der Waals surface area contributed by atoms with Gasteiger partial charge in [0.25, 0.3) is 10.0 Å². The van der Waals surface area contributed by atoms with Crippen LogP contribution < -0.4 is 4.72 Å². The van der Waals surface area contributed by atoms with Gasteiger partial charge in [0.15, 0.2) is 0 Å². The Hall–Kier alpha value is -1.93. The van der Waals surface area contributed by atoms with Crippen molar-refractivity contribution in [3.8, 4) is 0 Å². The summed E-state index contributed by atoms with van der Waals surface area (Å²) >= 11 is 0. The topological polar surface area (TPSA) is 92.8 Å². The van der Waals surface area contributed by atoms with E-state index in [-0.39, 0.29) is 17.3 Å². The summed E-state index contributed by atoms with van der Waals surface area (Å²) in [5.74, 6) is -1.47. The lowest BCUT2D eigenvalue weighted by Gasteiger charge is -2.27. The van der Waals surface area contributed by atoms with Gasteiger partial charge in [-0.25, -0.2) is 13.1 Å². The first-order valence-electron chi connectivity index (χ1n) is 10.9. The Morgan fingerprint density at radius 2 is 1.81 bits per heavy atom. The number of nitrogens with one attached hydrogen (secondary N) is 1. The molecule has 0 aliphatic heterocycles. The van der Waals surface area contributed by atoms with E-state index in [1.165, 1.54) is 6.07 Å². The molecule has 1 N–H and O–H groups in total. The zero-order chi connectivity index (χ0) is 23.7. The van der Waals surface area contributed by atoms with E-state index >= 15 is 0 Å². The van der Waals surface area contributed by atoms with Gasteiger partial charge in [0.05, 0.1) is 10.8 Å². The first-order valence-corrected chi connectivity index (χ1v) is 12.4. The summed E-state index contributed by atoms with van der Waals surface area (Å²) in [6, 6.07) is 6.48. The molecule has 7 nitrogen and oxygen atoms in total. The number of likely N-dealkylation sites (N-methyl/N-ethyl adjacent to an activating group) is 1. The van der Waals surface area contributed by atoms with Crippen LogP contribution in [0.5, 0.6) is 0 Å². The van der Waals surface area contributed by atoms with Gasteiger partial charge in [0, 0.05) is 12.0 Å². The van der Waals surface area contributed by atoms with Gasteiger partial charge in [-0.1, -0.05) is 52.3 Å². The third kappa shape index (κ3) is 8.61. The Bertz CT molecular complexity index is 836. The van der Waals surface area contributed by atoms with Gasteiger partial charge in [-0.15, -0.1) is 0 Å². The highest BCUT2D eigenvalue weighted by Crippen LogP contribution is 2.29. The summed E-state index contributed by atoms with van der Waals surface area (Å²) < 4.78 is 32.9. The molecular weight excluding hydrogens is 416 g/mol. The molecule has 0 aromatic heterocycles. The van der Waals surface area contributed by atoms with Gasteiger partial charge in [-0.05, 0) is 51.4 Å². The number of ether oxygens (including phenoxy) is 1. The van der Waals surface area contributed by atoms with Crippen LogP contribution in [0.4, 0.5) is 0 Å². The number of unbranched alkanes of at least 4 members (excludes halogenated alkanes) is 1. The number of carbonyl (C=O) groups excluding carboxylic acids is 2. The molecule has 0 spiro atoms. The maximum absolute atomic E-state index is 12.8. The molecule has 0 radical (unpaired) electrons. The highest BCUT2D eigenvalue weighted by Gasteiger charge is 2.36. The summed E-state index contributed by atoms with van der Waals surface area (Å²) in [4.78, 5) is 27.5. The maximum Gasteiger partial charge on any atom is 0.308 e. The maximum atomic E-state index is 12.8. The molecule has 0 bridgehead atoms. The van der Waals surface area contributed by atoms with Crippen LogP contribution in [0.1, 0.15) is 58.9 Å². The van der Waals surface area contributed by atoms with Crippen molar-refractivity contribution in [1.29, 1.82) is 0 Å². The van der Waals surface area contributed by atoms with Crippen molar-refractivity contribution in [3.63, 3.8) is 0 Å². The predicted molar refractivity (Wildman–Crippen MR) is 122 cm³/mol.